The number of aldehydes is 1. The van der Waals surface area contributed by atoms with Crippen LogP contribution in [0.3, 0.4) is 0 Å². The molecule has 2 atom stereocenters. The number of amides is 3. The van der Waals surface area contributed by atoms with Gasteiger partial charge in [0.2, 0.25) is 5.60 Å². The second kappa shape index (κ2) is 13.6. The van der Waals surface area contributed by atoms with E-state index in [1.165, 1.54) is 48.0 Å². The Morgan fingerprint density at radius 1 is 1.25 bits per heavy atom. The molecule has 16 nitrogen and oxygen atoms in total. The average molecular weight is 763 g/mol. The van der Waals surface area contributed by atoms with Gasteiger partial charge in [0.25, 0.3) is 17.7 Å². The Bertz CT molecular complexity index is 1870. The zero-order valence-corrected chi connectivity index (χ0v) is 30.1. The Morgan fingerprint density at radius 3 is 2.59 bits per heavy atom. The van der Waals surface area contributed by atoms with Crippen LogP contribution >= 0.6 is 34.7 Å². The Kier molecular flexibility index (Phi) is 9.73. The van der Waals surface area contributed by atoms with E-state index >= 15 is 0 Å². The van der Waals surface area contributed by atoms with E-state index in [9.17, 15) is 39.3 Å². The van der Waals surface area contributed by atoms with Crippen molar-refractivity contribution in [3.8, 4) is 11.5 Å². The maximum Gasteiger partial charge on any atom is 0.350 e. The zero-order chi connectivity index (χ0) is 36.9. The number of aromatic hydroxyl groups is 2. The van der Waals surface area contributed by atoms with Crippen molar-refractivity contribution in [3.05, 3.63) is 45.1 Å². The summed E-state index contributed by atoms with van der Waals surface area (Å²) in [6.45, 7) is 5.02. The molecule has 7 N–H and O–H groups in total. The van der Waals surface area contributed by atoms with Crippen LogP contribution in [0, 0.1) is 0 Å². The van der Waals surface area contributed by atoms with Gasteiger partial charge in [-0.25, -0.2) is 9.78 Å². The molecule has 0 radical (unpaired) electrons. The van der Waals surface area contributed by atoms with E-state index in [-0.39, 0.29) is 38.4 Å². The highest BCUT2D eigenvalue weighted by Gasteiger charge is 2.60. The van der Waals surface area contributed by atoms with E-state index in [1.54, 1.807) is 0 Å². The molecular weight excluding hydrogens is 726 g/mol. The van der Waals surface area contributed by atoms with Crippen LogP contribution in [-0.4, -0.2) is 120 Å². The molecule has 0 bridgehead atoms. The van der Waals surface area contributed by atoms with E-state index in [0.717, 1.165) is 55.7 Å². The zero-order valence-electron chi connectivity index (χ0n) is 27.7. The minimum absolute atomic E-state index is 0.0426. The highest BCUT2D eigenvalue weighted by atomic mass is 35.5. The monoisotopic (exact) mass is 762 g/mol. The van der Waals surface area contributed by atoms with Crippen molar-refractivity contribution in [2.45, 2.75) is 62.1 Å². The average Bonchev–Trinajstić information content (AvgIpc) is 3.77. The van der Waals surface area contributed by atoms with E-state index in [2.05, 4.69) is 20.8 Å². The van der Waals surface area contributed by atoms with Crippen LogP contribution < -0.4 is 16.4 Å². The lowest BCUT2D eigenvalue weighted by atomic mass is 9.91. The summed E-state index contributed by atoms with van der Waals surface area (Å²) in [7, 11) is 0. The molecule has 51 heavy (non-hydrogen) atoms. The number of nitrogen functional groups attached to an aromatic ring is 1. The maximum absolute atomic E-state index is 13.6. The molecule has 0 unspecified atom stereocenters. The van der Waals surface area contributed by atoms with Crippen LogP contribution in [0.25, 0.3) is 0 Å². The first-order valence-corrected chi connectivity index (χ1v) is 18.4. The van der Waals surface area contributed by atoms with Gasteiger partial charge >= 0.3 is 5.97 Å². The number of nitrogens with one attached hydrogen (secondary N) is 2. The quantitative estimate of drug-likeness (QED) is 0.0454. The minimum atomic E-state index is -1.76. The second-order valence-corrected chi connectivity index (χ2v) is 15.9. The fourth-order valence-electron chi connectivity index (χ4n) is 7.44. The van der Waals surface area contributed by atoms with Gasteiger partial charge in [-0.05, 0) is 26.0 Å². The van der Waals surface area contributed by atoms with Crippen molar-refractivity contribution in [2.75, 3.05) is 37.7 Å². The number of aromatic nitrogens is 1. The number of halogens is 1. The number of rotatable bonds is 12. The molecule has 0 aliphatic carbocycles. The van der Waals surface area contributed by atoms with Gasteiger partial charge in [0.1, 0.15) is 29.2 Å². The Balaban J connectivity index is 1.18. The SMILES string of the molecule is CC(C)(O/N=C(\C(=O)N[C@@H]1C(=O)N2C(C=O)=C(C[N@+]34CCC[C@@]3(CNC(=O)c3ccc(O)c(O)c3Cl)CCC4)CS[C@H]12)c1csc(N)n1)C(=O)O. The van der Waals surface area contributed by atoms with E-state index in [0.29, 0.717) is 29.6 Å². The number of oxime groups is 1. The van der Waals surface area contributed by atoms with Crippen LogP contribution in [0.15, 0.2) is 33.9 Å². The number of carbonyl (C=O) groups excluding carboxylic acids is 4. The van der Waals surface area contributed by atoms with Crippen molar-refractivity contribution in [2.24, 2.45) is 5.16 Å². The molecule has 1 aromatic carbocycles. The van der Waals surface area contributed by atoms with Gasteiger partial charge in [-0.15, -0.1) is 23.1 Å². The van der Waals surface area contributed by atoms with Gasteiger partial charge in [0, 0.05) is 42.4 Å². The first-order chi connectivity index (χ1) is 24.1. The molecular formula is C32H37ClN7O9S2+. The van der Waals surface area contributed by atoms with Gasteiger partial charge in [-0.1, -0.05) is 16.8 Å². The first-order valence-electron chi connectivity index (χ1n) is 16.1. The molecule has 272 valence electrons. The lowest BCUT2D eigenvalue weighted by molar-refractivity contribution is -0.946. The van der Waals surface area contributed by atoms with Gasteiger partial charge in [-0.3, -0.25) is 24.1 Å². The number of nitrogens with zero attached hydrogens (tertiary/aromatic N) is 4. The molecule has 2 aromatic rings. The third-order valence-corrected chi connectivity index (χ3v) is 12.6. The molecule has 5 heterocycles. The molecule has 4 aliphatic heterocycles. The number of fused-ring (bicyclic) bond motifs is 2. The predicted molar refractivity (Wildman–Crippen MR) is 187 cm³/mol. The number of thiazole rings is 1. The number of β-lactam (4-membered cyclic amide) rings is 1. The molecule has 1 aromatic heterocycles. The Morgan fingerprint density at radius 2 is 1.96 bits per heavy atom. The third kappa shape index (κ3) is 6.38. The largest absolute Gasteiger partial charge is 0.504 e. The summed E-state index contributed by atoms with van der Waals surface area (Å²) in [6, 6.07) is 1.55. The smallest absolute Gasteiger partial charge is 0.350 e. The second-order valence-electron chi connectivity index (χ2n) is 13.5. The molecule has 6 rings (SSSR count). The van der Waals surface area contributed by atoms with Crippen molar-refractivity contribution < 1.29 is 48.6 Å². The number of phenols is 2. The van der Waals surface area contributed by atoms with Crippen LogP contribution in [-0.2, 0) is 24.0 Å². The number of carboxylic acid groups (broad SMARTS) is 1. The van der Waals surface area contributed by atoms with Gasteiger partial charge in [0.05, 0.1) is 35.9 Å². The van der Waals surface area contributed by atoms with Gasteiger partial charge < -0.3 is 41.0 Å². The topological polar surface area (TPSA) is 234 Å². The summed E-state index contributed by atoms with van der Waals surface area (Å²) >= 11 is 8.59. The number of aliphatic carboxylic acids is 1. The van der Waals surface area contributed by atoms with Crippen LogP contribution in [0.4, 0.5) is 5.13 Å². The fraction of sp³-hybridized carbons (Fsp3) is 0.469. The normalized spacial score (nSPS) is 25.9. The summed E-state index contributed by atoms with van der Waals surface area (Å²) in [5.74, 6) is -3.67. The molecule has 0 spiro atoms. The number of thioether (sulfide) groups is 1. The van der Waals surface area contributed by atoms with Crippen molar-refractivity contribution >= 4 is 75.5 Å². The minimum Gasteiger partial charge on any atom is -0.504 e. The number of hydrogen-bond acceptors (Lipinski definition) is 13. The molecule has 3 amide bonds. The highest BCUT2D eigenvalue weighted by Crippen LogP contribution is 2.48. The lowest BCUT2D eigenvalue weighted by Gasteiger charge is -2.51. The highest BCUT2D eigenvalue weighted by molar-refractivity contribution is 8.00. The molecule has 3 saturated heterocycles. The summed E-state index contributed by atoms with van der Waals surface area (Å²) in [4.78, 5) is 74.9. The first kappa shape index (κ1) is 36.4. The fourth-order valence-corrected chi connectivity index (χ4v) is 9.59. The van der Waals surface area contributed by atoms with E-state index < -0.39 is 52.2 Å². The Hall–Kier alpha value is -4.39. The van der Waals surface area contributed by atoms with E-state index in [4.69, 9.17) is 22.2 Å². The lowest BCUT2D eigenvalue weighted by Crippen LogP contribution is -2.71. The molecule has 3 fully saturated rings. The van der Waals surface area contributed by atoms with Crippen molar-refractivity contribution in [1.29, 1.82) is 0 Å². The number of anilines is 1. The Labute approximate surface area is 305 Å². The molecule has 19 heteroatoms. The summed E-state index contributed by atoms with van der Waals surface area (Å²) in [5.41, 5.74) is 4.46. The van der Waals surface area contributed by atoms with Crippen molar-refractivity contribution in [3.63, 3.8) is 0 Å². The van der Waals surface area contributed by atoms with Crippen LogP contribution in [0.2, 0.25) is 5.02 Å². The van der Waals surface area contributed by atoms with Gasteiger partial charge in [0.15, 0.2) is 28.6 Å². The summed E-state index contributed by atoms with van der Waals surface area (Å²) < 4.78 is 0.644. The van der Waals surface area contributed by atoms with Crippen LogP contribution in [0.5, 0.6) is 11.5 Å². The number of allylic oxidation sites excluding steroid dienone is 1. The van der Waals surface area contributed by atoms with Crippen molar-refractivity contribution in [1.82, 2.24) is 20.5 Å². The number of carboxylic acids is 1. The number of hydrogen-bond donors (Lipinski definition) is 6. The summed E-state index contributed by atoms with van der Waals surface area (Å²) in [5, 5.41) is 39.4. The number of carbonyl (C=O) groups is 5. The number of nitrogens with two attached hydrogens (primary N) is 1. The predicted octanol–water partition coefficient (Wildman–Crippen LogP) is 1.80. The molecule has 4 aliphatic rings. The van der Waals surface area contributed by atoms with E-state index in [1.807, 2.05) is 0 Å². The maximum atomic E-state index is 13.6. The third-order valence-electron chi connectivity index (χ3n) is 10.2. The number of quaternary nitrogens is 1. The number of phenolic OH excluding ortho intramolecular Hbond substituents is 2. The standard InChI is InChI=1S/C32H36ClN7O9S2/c1-31(2,29(47)48)49-38-22(18-14-51-30(34)36-18)26(45)37-23-27(46)39-19(12-41)16(13-50-28(23)39)11-40-9-3-7-32(40,8-4-10-40)15-35-25(44)17-5-6-20(42)24(43)21(17)33/h5-6,12,14,23,28H,3-4,7-11,13,15H2,1-2H3,(H6-,34,35,36,37,38,42,43,44,45,47,48)/p+1/t23-,28-,32-,40+/m1/s1. The van der Waals surface area contributed by atoms with Crippen LogP contribution in [0.1, 0.15) is 55.6 Å². The molecule has 0 saturated carbocycles. The number of benzene rings is 1. The summed E-state index contributed by atoms with van der Waals surface area (Å²) in [6.07, 6.45) is 4.20. The van der Waals surface area contributed by atoms with Gasteiger partial charge in [-0.2, -0.15) is 0 Å².